The van der Waals surface area contributed by atoms with Gasteiger partial charge in [-0.3, -0.25) is 4.79 Å². The van der Waals surface area contributed by atoms with Crippen molar-refractivity contribution in [3.05, 3.63) is 27.1 Å². The maximum absolute atomic E-state index is 11.3. The van der Waals surface area contributed by atoms with Gasteiger partial charge in [0.2, 0.25) is 0 Å². The van der Waals surface area contributed by atoms with Crippen LogP contribution in [0.3, 0.4) is 0 Å². The van der Waals surface area contributed by atoms with Crippen molar-refractivity contribution in [3.63, 3.8) is 0 Å². The third kappa shape index (κ3) is 2.54. The highest BCUT2D eigenvalue weighted by Gasteiger charge is 2.10. The van der Waals surface area contributed by atoms with Gasteiger partial charge in [0.1, 0.15) is 5.15 Å². The Morgan fingerprint density at radius 1 is 1.77 bits per heavy atom. The number of H-pyrrole nitrogens is 1. The maximum Gasteiger partial charge on any atom is 0.267 e. The van der Waals surface area contributed by atoms with Gasteiger partial charge in [-0.1, -0.05) is 18.5 Å². The Labute approximate surface area is 80.9 Å². The number of rotatable bonds is 3. The molecule has 0 spiro atoms. The fourth-order valence-electron chi connectivity index (χ4n) is 1.10. The number of aromatic amines is 1. The molecule has 72 valence electrons. The van der Waals surface area contributed by atoms with E-state index in [4.69, 9.17) is 16.3 Å². The number of nitrogens with one attached hydrogen (secondary N) is 1. The molecule has 1 aromatic rings. The fourth-order valence-corrected chi connectivity index (χ4v) is 1.26. The maximum atomic E-state index is 11.3. The second-order valence-corrected chi connectivity index (χ2v) is 3.22. The van der Waals surface area contributed by atoms with E-state index in [0.717, 1.165) is 0 Å². The summed E-state index contributed by atoms with van der Waals surface area (Å²) in [7, 11) is 1.59. The summed E-state index contributed by atoms with van der Waals surface area (Å²) in [5.41, 5.74) is 0.385. The molecule has 1 rings (SSSR count). The summed E-state index contributed by atoms with van der Waals surface area (Å²) >= 11 is 5.64. The monoisotopic (exact) mass is 202 g/mol. The number of halogens is 1. The van der Waals surface area contributed by atoms with Crippen LogP contribution in [0.5, 0.6) is 0 Å². The van der Waals surface area contributed by atoms with Crippen LogP contribution < -0.4 is 5.56 Å². The molecule has 0 aliphatic heterocycles. The predicted molar refractivity (Wildman–Crippen MR) is 50.2 cm³/mol. The fraction of sp³-hybridized carbons (Fsp3) is 0.500. The zero-order chi connectivity index (χ0) is 9.84. The quantitative estimate of drug-likeness (QED) is 0.801. The van der Waals surface area contributed by atoms with Crippen molar-refractivity contribution in [2.45, 2.75) is 12.8 Å². The topological polar surface area (TPSA) is 55.0 Å². The molecule has 1 atom stereocenters. The van der Waals surface area contributed by atoms with Crippen LogP contribution >= 0.6 is 11.6 Å². The lowest BCUT2D eigenvalue weighted by Gasteiger charge is -2.08. The van der Waals surface area contributed by atoms with Gasteiger partial charge < -0.3 is 4.74 Å². The Kier molecular flexibility index (Phi) is 3.45. The van der Waals surface area contributed by atoms with Crippen LogP contribution in [0.15, 0.2) is 10.9 Å². The molecule has 0 fully saturated rings. The Morgan fingerprint density at radius 2 is 2.46 bits per heavy atom. The highest BCUT2D eigenvalue weighted by molar-refractivity contribution is 6.29. The average Bonchev–Trinajstić information content (AvgIpc) is 2.09. The predicted octanol–water partition coefficient (Wildman–Crippen LogP) is 1.17. The van der Waals surface area contributed by atoms with E-state index in [2.05, 4.69) is 10.2 Å². The number of aromatic nitrogens is 2. The van der Waals surface area contributed by atoms with Gasteiger partial charge in [0, 0.05) is 18.6 Å². The van der Waals surface area contributed by atoms with Gasteiger partial charge in [0.15, 0.2) is 0 Å². The molecule has 0 aromatic carbocycles. The summed E-state index contributed by atoms with van der Waals surface area (Å²) in [6, 6.07) is 1.56. The lowest BCUT2D eigenvalue weighted by molar-refractivity contribution is 0.184. The SMILES string of the molecule is COCC(C)c1cc(Cl)n[nH]c1=O. The zero-order valence-corrected chi connectivity index (χ0v) is 8.26. The standard InChI is InChI=1S/C8H11ClN2O2/c1-5(4-13-2)6-3-7(9)10-11-8(6)12/h3,5H,4H2,1-2H3,(H,11,12). The first-order valence-electron chi connectivity index (χ1n) is 3.89. The van der Waals surface area contributed by atoms with E-state index in [0.29, 0.717) is 12.2 Å². The molecule has 1 aromatic heterocycles. The first-order valence-corrected chi connectivity index (χ1v) is 4.27. The minimum atomic E-state index is -0.214. The number of hydrogen-bond donors (Lipinski definition) is 1. The number of ether oxygens (including phenoxy) is 1. The van der Waals surface area contributed by atoms with Crippen LogP contribution in [0.4, 0.5) is 0 Å². The van der Waals surface area contributed by atoms with Crippen LogP contribution in [0.2, 0.25) is 5.15 Å². The lowest BCUT2D eigenvalue weighted by Crippen LogP contribution is -2.18. The molecule has 0 bridgehead atoms. The zero-order valence-electron chi connectivity index (χ0n) is 7.50. The van der Waals surface area contributed by atoms with E-state index in [1.54, 1.807) is 13.2 Å². The second kappa shape index (κ2) is 4.39. The minimum absolute atomic E-state index is 0.0225. The summed E-state index contributed by atoms with van der Waals surface area (Å²) in [6.45, 7) is 2.38. The van der Waals surface area contributed by atoms with E-state index < -0.39 is 0 Å². The summed E-state index contributed by atoms with van der Waals surface area (Å²) < 4.78 is 4.94. The van der Waals surface area contributed by atoms with Gasteiger partial charge in [-0.2, -0.15) is 5.10 Å². The third-order valence-electron chi connectivity index (χ3n) is 1.75. The van der Waals surface area contributed by atoms with Gasteiger partial charge in [0.25, 0.3) is 5.56 Å². The summed E-state index contributed by atoms with van der Waals surface area (Å²) in [4.78, 5) is 11.3. The Bertz CT molecular complexity index is 337. The van der Waals surface area contributed by atoms with E-state index in [1.807, 2.05) is 6.92 Å². The summed E-state index contributed by atoms with van der Waals surface area (Å²) in [6.07, 6.45) is 0. The smallest absolute Gasteiger partial charge is 0.267 e. The average molecular weight is 203 g/mol. The van der Waals surface area contributed by atoms with Gasteiger partial charge in [-0.25, -0.2) is 5.10 Å². The van der Waals surface area contributed by atoms with Gasteiger partial charge >= 0.3 is 0 Å². The van der Waals surface area contributed by atoms with Crippen LogP contribution in [0.25, 0.3) is 0 Å². The van der Waals surface area contributed by atoms with E-state index in [1.165, 1.54) is 0 Å². The van der Waals surface area contributed by atoms with Gasteiger partial charge in [-0.15, -0.1) is 0 Å². The summed E-state index contributed by atoms with van der Waals surface area (Å²) in [5.74, 6) is 0.0225. The number of nitrogens with zero attached hydrogens (tertiary/aromatic N) is 1. The van der Waals surface area contributed by atoms with Crippen molar-refractivity contribution >= 4 is 11.6 Å². The Morgan fingerprint density at radius 3 is 3.08 bits per heavy atom. The normalized spacial score (nSPS) is 12.8. The first kappa shape index (κ1) is 10.2. The van der Waals surface area contributed by atoms with E-state index in [-0.39, 0.29) is 16.6 Å². The molecular formula is C8H11ClN2O2. The Balaban J connectivity index is 2.99. The molecule has 0 aliphatic carbocycles. The minimum Gasteiger partial charge on any atom is -0.384 e. The molecular weight excluding hydrogens is 192 g/mol. The van der Waals surface area contributed by atoms with Crippen molar-refractivity contribution in [1.82, 2.24) is 10.2 Å². The van der Waals surface area contributed by atoms with Crippen molar-refractivity contribution in [3.8, 4) is 0 Å². The molecule has 0 saturated heterocycles. The largest absolute Gasteiger partial charge is 0.384 e. The molecule has 0 radical (unpaired) electrons. The highest BCUT2D eigenvalue weighted by Crippen LogP contribution is 2.12. The first-order chi connectivity index (χ1) is 6.15. The molecule has 0 amide bonds. The summed E-state index contributed by atoms with van der Waals surface area (Å²) in [5, 5.41) is 6.17. The van der Waals surface area contributed by atoms with E-state index in [9.17, 15) is 4.79 Å². The van der Waals surface area contributed by atoms with E-state index >= 15 is 0 Å². The van der Waals surface area contributed by atoms with Crippen LogP contribution in [-0.4, -0.2) is 23.9 Å². The molecule has 4 nitrogen and oxygen atoms in total. The van der Waals surface area contributed by atoms with Crippen molar-refractivity contribution in [1.29, 1.82) is 0 Å². The third-order valence-corrected chi connectivity index (χ3v) is 1.94. The number of methoxy groups -OCH3 is 1. The molecule has 1 unspecified atom stereocenters. The molecule has 13 heavy (non-hydrogen) atoms. The van der Waals surface area contributed by atoms with Gasteiger partial charge in [-0.05, 0) is 6.07 Å². The number of hydrogen-bond acceptors (Lipinski definition) is 3. The van der Waals surface area contributed by atoms with Crippen molar-refractivity contribution < 1.29 is 4.74 Å². The lowest BCUT2D eigenvalue weighted by atomic mass is 10.1. The second-order valence-electron chi connectivity index (χ2n) is 2.83. The van der Waals surface area contributed by atoms with Crippen molar-refractivity contribution in [2.24, 2.45) is 0 Å². The Hall–Kier alpha value is -0.870. The van der Waals surface area contributed by atoms with Crippen LogP contribution in [0, 0.1) is 0 Å². The molecule has 0 saturated carbocycles. The van der Waals surface area contributed by atoms with Crippen LogP contribution in [0.1, 0.15) is 18.4 Å². The highest BCUT2D eigenvalue weighted by atomic mass is 35.5. The van der Waals surface area contributed by atoms with Gasteiger partial charge in [0.05, 0.1) is 6.61 Å². The van der Waals surface area contributed by atoms with Crippen LogP contribution in [-0.2, 0) is 4.74 Å². The molecule has 1 heterocycles. The van der Waals surface area contributed by atoms with Crippen molar-refractivity contribution in [2.75, 3.05) is 13.7 Å². The molecule has 0 aliphatic rings. The molecule has 1 N–H and O–H groups in total. The molecule has 5 heteroatoms.